The summed E-state index contributed by atoms with van der Waals surface area (Å²) in [4.78, 5) is 12.2. The van der Waals surface area contributed by atoms with E-state index in [9.17, 15) is 9.18 Å². The highest BCUT2D eigenvalue weighted by Gasteiger charge is 2.06. The van der Waals surface area contributed by atoms with Gasteiger partial charge in [0.2, 0.25) is 0 Å². The summed E-state index contributed by atoms with van der Waals surface area (Å²) in [6.07, 6.45) is 0.348. The largest absolute Gasteiger partial charge is 0.457 e. The third-order valence-corrected chi connectivity index (χ3v) is 3.43. The van der Waals surface area contributed by atoms with Crippen molar-refractivity contribution < 1.29 is 13.9 Å². The van der Waals surface area contributed by atoms with Gasteiger partial charge in [0.1, 0.15) is 17.3 Å². The molecule has 0 aliphatic rings. The standard InChI is InChI=1S/C20H15FO2/c21-17-8-12-19(13-9-17)23-18-10-6-15(7-11-18)14-20(22)16-4-2-1-3-5-16/h1-13H,14H2. The lowest BCUT2D eigenvalue weighted by atomic mass is 10.0. The zero-order valence-electron chi connectivity index (χ0n) is 12.4. The Morgan fingerprint density at radius 3 is 1.96 bits per heavy atom. The molecule has 23 heavy (non-hydrogen) atoms. The predicted molar refractivity (Wildman–Crippen MR) is 87.4 cm³/mol. The van der Waals surface area contributed by atoms with E-state index in [4.69, 9.17) is 4.74 Å². The van der Waals surface area contributed by atoms with Crippen molar-refractivity contribution in [1.29, 1.82) is 0 Å². The number of halogens is 1. The fourth-order valence-corrected chi connectivity index (χ4v) is 2.23. The maximum atomic E-state index is 12.9. The summed E-state index contributed by atoms with van der Waals surface area (Å²) in [6.45, 7) is 0. The number of carbonyl (C=O) groups is 1. The molecule has 114 valence electrons. The van der Waals surface area contributed by atoms with Crippen LogP contribution in [0.15, 0.2) is 78.9 Å². The average Bonchev–Trinajstić information content (AvgIpc) is 2.59. The van der Waals surface area contributed by atoms with Crippen LogP contribution in [0.4, 0.5) is 4.39 Å². The normalized spacial score (nSPS) is 10.3. The lowest BCUT2D eigenvalue weighted by Gasteiger charge is -2.07. The molecular formula is C20H15FO2. The van der Waals surface area contributed by atoms with E-state index in [2.05, 4.69) is 0 Å². The molecule has 0 spiro atoms. The van der Waals surface area contributed by atoms with E-state index in [1.807, 2.05) is 42.5 Å². The second-order valence-electron chi connectivity index (χ2n) is 5.17. The smallest absolute Gasteiger partial charge is 0.167 e. The van der Waals surface area contributed by atoms with E-state index < -0.39 is 0 Å². The van der Waals surface area contributed by atoms with Gasteiger partial charge in [0.15, 0.2) is 5.78 Å². The van der Waals surface area contributed by atoms with Gasteiger partial charge >= 0.3 is 0 Å². The minimum atomic E-state index is -0.299. The highest BCUT2D eigenvalue weighted by molar-refractivity contribution is 5.97. The van der Waals surface area contributed by atoms with Crippen LogP contribution in [-0.4, -0.2) is 5.78 Å². The lowest BCUT2D eigenvalue weighted by molar-refractivity contribution is 0.0993. The fourth-order valence-electron chi connectivity index (χ4n) is 2.23. The van der Waals surface area contributed by atoms with Crippen molar-refractivity contribution in [3.63, 3.8) is 0 Å². The van der Waals surface area contributed by atoms with Crippen LogP contribution in [0.5, 0.6) is 11.5 Å². The van der Waals surface area contributed by atoms with Gasteiger partial charge in [-0.3, -0.25) is 4.79 Å². The molecule has 0 saturated heterocycles. The number of carbonyl (C=O) groups excluding carboxylic acids is 1. The third kappa shape index (κ3) is 4.04. The van der Waals surface area contributed by atoms with E-state index >= 15 is 0 Å². The van der Waals surface area contributed by atoms with E-state index in [-0.39, 0.29) is 11.6 Å². The summed E-state index contributed by atoms with van der Waals surface area (Å²) >= 11 is 0. The van der Waals surface area contributed by atoms with Crippen molar-refractivity contribution in [2.45, 2.75) is 6.42 Å². The maximum absolute atomic E-state index is 12.9. The van der Waals surface area contributed by atoms with Crippen LogP contribution in [-0.2, 0) is 6.42 Å². The lowest BCUT2D eigenvalue weighted by Crippen LogP contribution is -2.02. The minimum absolute atomic E-state index is 0.0813. The van der Waals surface area contributed by atoms with Crippen molar-refractivity contribution in [2.75, 3.05) is 0 Å². The number of rotatable bonds is 5. The zero-order chi connectivity index (χ0) is 16.1. The third-order valence-electron chi connectivity index (χ3n) is 3.43. The molecule has 0 N–H and O–H groups in total. The summed E-state index contributed by atoms with van der Waals surface area (Å²) in [5, 5.41) is 0. The van der Waals surface area contributed by atoms with Gasteiger partial charge in [-0.25, -0.2) is 4.39 Å². The van der Waals surface area contributed by atoms with Gasteiger partial charge in [-0.15, -0.1) is 0 Å². The van der Waals surface area contributed by atoms with Gasteiger partial charge in [-0.2, -0.15) is 0 Å². The first-order valence-corrected chi connectivity index (χ1v) is 7.31. The molecule has 0 saturated carbocycles. The Bertz CT molecular complexity index is 778. The summed E-state index contributed by atoms with van der Waals surface area (Å²) in [6, 6.07) is 22.4. The summed E-state index contributed by atoms with van der Waals surface area (Å²) in [7, 11) is 0. The molecule has 0 aliphatic carbocycles. The Kier molecular flexibility index (Phi) is 4.48. The molecule has 0 aliphatic heterocycles. The first kappa shape index (κ1) is 15.0. The molecule has 3 heteroatoms. The Morgan fingerprint density at radius 2 is 1.35 bits per heavy atom. The molecule has 3 aromatic rings. The number of ketones is 1. The number of hydrogen-bond donors (Lipinski definition) is 0. The molecule has 2 nitrogen and oxygen atoms in total. The van der Waals surface area contributed by atoms with Crippen LogP contribution >= 0.6 is 0 Å². The molecule has 0 radical (unpaired) electrons. The Balaban J connectivity index is 1.65. The van der Waals surface area contributed by atoms with Crippen LogP contribution in [0, 0.1) is 5.82 Å². The zero-order valence-corrected chi connectivity index (χ0v) is 12.4. The topological polar surface area (TPSA) is 26.3 Å². The highest BCUT2D eigenvalue weighted by atomic mass is 19.1. The van der Waals surface area contributed by atoms with Crippen LogP contribution in [0.2, 0.25) is 0 Å². The molecule has 0 fully saturated rings. The molecule has 3 aromatic carbocycles. The number of Topliss-reactive ketones (excluding diaryl/α,β-unsaturated/α-hetero) is 1. The molecule has 0 aromatic heterocycles. The number of benzene rings is 3. The molecule has 0 heterocycles. The maximum Gasteiger partial charge on any atom is 0.167 e. The highest BCUT2D eigenvalue weighted by Crippen LogP contribution is 2.22. The monoisotopic (exact) mass is 306 g/mol. The van der Waals surface area contributed by atoms with E-state index in [0.29, 0.717) is 23.5 Å². The van der Waals surface area contributed by atoms with E-state index in [1.165, 1.54) is 12.1 Å². The molecule has 0 unspecified atom stereocenters. The predicted octanol–water partition coefficient (Wildman–Crippen LogP) is 5.04. The number of hydrogen-bond acceptors (Lipinski definition) is 2. The van der Waals surface area contributed by atoms with Crippen molar-refractivity contribution in [3.05, 3.63) is 95.8 Å². The first-order valence-electron chi connectivity index (χ1n) is 7.31. The molecule has 0 amide bonds. The Morgan fingerprint density at radius 1 is 0.783 bits per heavy atom. The molecule has 3 rings (SSSR count). The van der Waals surface area contributed by atoms with Gasteiger partial charge in [0.25, 0.3) is 0 Å². The molecule has 0 atom stereocenters. The number of ether oxygens (including phenoxy) is 1. The second kappa shape index (κ2) is 6.88. The van der Waals surface area contributed by atoms with Gasteiger partial charge in [-0.05, 0) is 42.0 Å². The quantitative estimate of drug-likeness (QED) is 0.617. The van der Waals surface area contributed by atoms with Crippen molar-refractivity contribution in [2.24, 2.45) is 0 Å². The van der Waals surface area contributed by atoms with Crippen LogP contribution in [0.3, 0.4) is 0 Å². The van der Waals surface area contributed by atoms with Crippen LogP contribution in [0.25, 0.3) is 0 Å². The first-order chi connectivity index (χ1) is 11.2. The van der Waals surface area contributed by atoms with Crippen molar-refractivity contribution >= 4 is 5.78 Å². The second-order valence-corrected chi connectivity index (χ2v) is 5.17. The molecule has 0 bridgehead atoms. The van der Waals surface area contributed by atoms with Gasteiger partial charge in [0.05, 0.1) is 0 Å². The average molecular weight is 306 g/mol. The SMILES string of the molecule is O=C(Cc1ccc(Oc2ccc(F)cc2)cc1)c1ccccc1. The summed E-state index contributed by atoms with van der Waals surface area (Å²) in [5.74, 6) is 0.997. The minimum Gasteiger partial charge on any atom is -0.457 e. The summed E-state index contributed by atoms with van der Waals surface area (Å²) < 4.78 is 18.5. The van der Waals surface area contributed by atoms with Gasteiger partial charge in [-0.1, -0.05) is 42.5 Å². The Hall–Kier alpha value is -2.94. The van der Waals surface area contributed by atoms with E-state index in [0.717, 1.165) is 5.56 Å². The van der Waals surface area contributed by atoms with Gasteiger partial charge in [0, 0.05) is 12.0 Å². The van der Waals surface area contributed by atoms with Crippen molar-refractivity contribution in [3.8, 4) is 11.5 Å². The van der Waals surface area contributed by atoms with Crippen LogP contribution in [0.1, 0.15) is 15.9 Å². The Labute approximate surface area is 134 Å². The van der Waals surface area contributed by atoms with Crippen LogP contribution < -0.4 is 4.74 Å². The van der Waals surface area contributed by atoms with E-state index in [1.54, 1.807) is 24.3 Å². The molecular weight excluding hydrogens is 291 g/mol. The van der Waals surface area contributed by atoms with Crippen molar-refractivity contribution in [1.82, 2.24) is 0 Å². The summed E-state index contributed by atoms with van der Waals surface area (Å²) in [5.41, 5.74) is 1.63. The van der Waals surface area contributed by atoms with Gasteiger partial charge < -0.3 is 4.74 Å². The fraction of sp³-hybridized carbons (Fsp3) is 0.0500.